The molecule has 8 nitrogen and oxygen atoms in total. The van der Waals surface area contributed by atoms with Gasteiger partial charge < -0.3 is 19.5 Å². The highest BCUT2D eigenvalue weighted by Gasteiger charge is 2.37. The number of aliphatic hydroxyl groups is 1. The van der Waals surface area contributed by atoms with Crippen LogP contribution in [0.4, 0.5) is 4.39 Å². The predicted molar refractivity (Wildman–Crippen MR) is 138 cm³/mol. The number of rotatable bonds is 9. The number of hydrogen-bond donors (Lipinski definition) is 1. The monoisotopic (exact) mass is 510 g/mol. The molecule has 3 aromatic rings. The van der Waals surface area contributed by atoms with Crippen LogP contribution in [0.5, 0.6) is 11.5 Å². The number of aromatic nitrogens is 2. The van der Waals surface area contributed by atoms with Crippen LogP contribution in [0, 0.1) is 19.7 Å². The number of benzene rings is 2. The molecule has 0 unspecified atom stereocenters. The van der Waals surface area contributed by atoms with Crippen molar-refractivity contribution < 1.29 is 23.8 Å². The number of hydrogen-bond acceptors (Lipinski definition) is 6. The Kier molecular flexibility index (Phi) is 8.45. The third-order valence-electron chi connectivity index (χ3n) is 6.44. The standard InChI is InChI=1S/C28H35FN4O4/c1-21-15-22(2)33(30-21)13-14-36-27-6-4-5-24(16-27)17-31-11-12-32(23(3)34)19-28(35,18-31)20-37-26-9-7-25(29)8-10-26/h4-10,15-16,35H,11-14,17-20H2,1-3H3/t28-/m0/s1. The van der Waals surface area contributed by atoms with Crippen LogP contribution in [0.2, 0.25) is 0 Å². The van der Waals surface area contributed by atoms with Crippen LogP contribution < -0.4 is 9.47 Å². The van der Waals surface area contributed by atoms with Crippen LogP contribution in [0.25, 0.3) is 0 Å². The first kappa shape index (κ1) is 26.6. The minimum atomic E-state index is -1.29. The Morgan fingerprint density at radius 2 is 1.84 bits per heavy atom. The molecule has 1 aliphatic heterocycles. The third-order valence-corrected chi connectivity index (χ3v) is 6.44. The molecule has 0 saturated carbocycles. The zero-order valence-corrected chi connectivity index (χ0v) is 21.7. The summed E-state index contributed by atoms with van der Waals surface area (Å²) >= 11 is 0. The molecule has 1 atom stereocenters. The molecule has 198 valence electrons. The van der Waals surface area contributed by atoms with Crippen molar-refractivity contribution in [3.05, 3.63) is 77.4 Å². The van der Waals surface area contributed by atoms with E-state index in [-0.39, 0.29) is 24.9 Å². The smallest absolute Gasteiger partial charge is 0.219 e. The summed E-state index contributed by atoms with van der Waals surface area (Å²) in [6.07, 6.45) is 0. The van der Waals surface area contributed by atoms with E-state index in [9.17, 15) is 14.3 Å². The Morgan fingerprint density at radius 1 is 1.05 bits per heavy atom. The van der Waals surface area contributed by atoms with Gasteiger partial charge in [0, 0.05) is 38.8 Å². The summed E-state index contributed by atoms with van der Waals surface area (Å²) in [5.74, 6) is 0.784. The Morgan fingerprint density at radius 3 is 2.54 bits per heavy atom. The average molecular weight is 511 g/mol. The fourth-order valence-electron chi connectivity index (χ4n) is 4.63. The van der Waals surface area contributed by atoms with Gasteiger partial charge in [-0.2, -0.15) is 5.10 Å². The molecule has 37 heavy (non-hydrogen) atoms. The van der Waals surface area contributed by atoms with Gasteiger partial charge in [-0.1, -0.05) is 12.1 Å². The summed E-state index contributed by atoms with van der Waals surface area (Å²) in [6, 6.07) is 15.6. The molecule has 4 rings (SSSR count). The van der Waals surface area contributed by atoms with Crippen LogP contribution in [0.15, 0.2) is 54.6 Å². The fraction of sp³-hybridized carbons (Fsp3) is 0.429. The summed E-state index contributed by atoms with van der Waals surface area (Å²) < 4.78 is 26.9. The first-order valence-electron chi connectivity index (χ1n) is 12.5. The molecule has 0 radical (unpaired) electrons. The van der Waals surface area contributed by atoms with Gasteiger partial charge in [0.2, 0.25) is 5.91 Å². The molecule has 0 spiro atoms. The normalized spacial score (nSPS) is 18.5. The number of amides is 1. The van der Waals surface area contributed by atoms with Gasteiger partial charge in [-0.05, 0) is 61.9 Å². The molecule has 1 amide bonds. The van der Waals surface area contributed by atoms with Crippen molar-refractivity contribution in [1.29, 1.82) is 0 Å². The highest BCUT2D eigenvalue weighted by atomic mass is 19.1. The summed E-state index contributed by atoms with van der Waals surface area (Å²) in [6.45, 7) is 8.84. The maximum absolute atomic E-state index is 13.2. The molecule has 1 saturated heterocycles. The Labute approximate surface area is 217 Å². The molecule has 9 heteroatoms. The van der Waals surface area contributed by atoms with Crippen LogP contribution >= 0.6 is 0 Å². The molecule has 2 heterocycles. The van der Waals surface area contributed by atoms with E-state index < -0.39 is 5.60 Å². The van der Waals surface area contributed by atoms with Gasteiger partial charge in [0.1, 0.15) is 36.1 Å². The van der Waals surface area contributed by atoms with E-state index in [0.29, 0.717) is 45.1 Å². The number of nitrogens with zero attached hydrogens (tertiary/aromatic N) is 4. The summed E-state index contributed by atoms with van der Waals surface area (Å²) in [7, 11) is 0. The van der Waals surface area contributed by atoms with E-state index in [2.05, 4.69) is 10.00 Å². The summed E-state index contributed by atoms with van der Waals surface area (Å²) in [4.78, 5) is 15.9. The van der Waals surface area contributed by atoms with Gasteiger partial charge in [0.05, 0.1) is 18.8 Å². The van der Waals surface area contributed by atoms with Crippen LogP contribution in [-0.2, 0) is 17.9 Å². The van der Waals surface area contributed by atoms with Gasteiger partial charge in [0.25, 0.3) is 0 Å². The second kappa shape index (κ2) is 11.7. The zero-order chi connectivity index (χ0) is 26.4. The molecule has 1 N–H and O–H groups in total. The van der Waals surface area contributed by atoms with Crippen molar-refractivity contribution in [2.24, 2.45) is 0 Å². The number of halogens is 1. The lowest BCUT2D eigenvalue weighted by molar-refractivity contribution is -0.132. The van der Waals surface area contributed by atoms with Crippen molar-refractivity contribution in [2.75, 3.05) is 39.4 Å². The zero-order valence-electron chi connectivity index (χ0n) is 21.7. The van der Waals surface area contributed by atoms with Crippen molar-refractivity contribution in [1.82, 2.24) is 19.6 Å². The molecule has 1 aliphatic rings. The van der Waals surface area contributed by atoms with Gasteiger partial charge >= 0.3 is 0 Å². The number of ether oxygens (including phenoxy) is 2. The largest absolute Gasteiger partial charge is 0.492 e. The van der Waals surface area contributed by atoms with Crippen LogP contribution in [0.1, 0.15) is 23.9 Å². The van der Waals surface area contributed by atoms with E-state index in [0.717, 1.165) is 22.7 Å². The Bertz CT molecular complexity index is 1200. The molecule has 1 aromatic heterocycles. The minimum absolute atomic E-state index is 0.0195. The summed E-state index contributed by atoms with van der Waals surface area (Å²) in [5, 5.41) is 15.9. The van der Waals surface area contributed by atoms with Crippen molar-refractivity contribution in [3.8, 4) is 11.5 Å². The number of carbonyl (C=O) groups is 1. The molecule has 0 aliphatic carbocycles. The third kappa shape index (κ3) is 7.53. The molecule has 2 aromatic carbocycles. The number of carbonyl (C=O) groups excluding carboxylic acids is 1. The second-order valence-corrected chi connectivity index (χ2v) is 9.76. The van der Waals surface area contributed by atoms with Crippen LogP contribution in [-0.4, -0.2) is 75.6 Å². The van der Waals surface area contributed by atoms with Gasteiger partial charge in [-0.25, -0.2) is 4.39 Å². The van der Waals surface area contributed by atoms with Gasteiger partial charge in [0.15, 0.2) is 0 Å². The van der Waals surface area contributed by atoms with E-state index in [1.54, 1.807) is 4.90 Å². The SMILES string of the molecule is CC(=O)N1CCN(Cc2cccc(OCCn3nc(C)cc3C)c2)C[C@@](O)(COc2ccc(F)cc2)C1. The molecule has 0 bridgehead atoms. The first-order chi connectivity index (χ1) is 17.7. The van der Waals surface area contributed by atoms with Crippen molar-refractivity contribution >= 4 is 5.91 Å². The highest BCUT2D eigenvalue weighted by Crippen LogP contribution is 2.21. The number of aryl methyl sites for hydroxylation is 2. The fourth-order valence-corrected chi connectivity index (χ4v) is 4.63. The van der Waals surface area contributed by atoms with Gasteiger partial charge in [-0.3, -0.25) is 14.4 Å². The lowest BCUT2D eigenvalue weighted by atomic mass is 10.0. The van der Waals surface area contributed by atoms with Crippen molar-refractivity contribution in [3.63, 3.8) is 0 Å². The minimum Gasteiger partial charge on any atom is -0.492 e. The van der Waals surface area contributed by atoms with E-state index in [1.165, 1.54) is 31.2 Å². The summed E-state index contributed by atoms with van der Waals surface area (Å²) in [5.41, 5.74) is 1.85. The van der Waals surface area contributed by atoms with E-state index >= 15 is 0 Å². The molecular weight excluding hydrogens is 475 g/mol. The van der Waals surface area contributed by atoms with E-state index in [1.807, 2.05) is 48.9 Å². The maximum atomic E-state index is 13.2. The average Bonchev–Trinajstić information content (AvgIpc) is 3.07. The Hall–Kier alpha value is -3.43. The van der Waals surface area contributed by atoms with Crippen molar-refractivity contribution in [2.45, 2.75) is 39.5 Å². The molecular formula is C28H35FN4O4. The van der Waals surface area contributed by atoms with E-state index in [4.69, 9.17) is 9.47 Å². The second-order valence-electron chi connectivity index (χ2n) is 9.76. The molecule has 1 fully saturated rings. The lowest BCUT2D eigenvalue weighted by Crippen LogP contribution is -2.51. The first-order valence-corrected chi connectivity index (χ1v) is 12.5. The Balaban J connectivity index is 1.39. The number of β-amino-alcohol motifs (C(OH)–C–C–N with tert-alkyl or cyclic N) is 1. The highest BCUT2D eigenvalue weighted by molar-refractivity contribution is 5.73. The topological polar surface area (TPSA) is 80.1 Å². The maximum Gasteiger partial charge on any atom is 0.219 e. The predicted octanol–water partition coefficient (Wildman–Crippen LogP) is 3.19. The van der Waals surface area contributed by atoms with Crippen LogP contribution in [0.3, 0.4) is 0 Å². The van der Waals surface area contributed by atoms with Gasteiger partial charge in [-0.15, -0.1) is 0 Å². The lowest BCUT2D eigenvalue weighted by Gasteiger charge is -2.32. The quantitative estimate of drug-likeness (QED) is 0.476.